The van der Waals surface area contributed by atoms with Crippen molar-refractivity contribution in [3.05, 3.63) is 34.9 Å². The van der Waals surface area contributed by atoms with Crippen molar-refractivity contribution in [1.29, 1.82) is 0 Å². The third-order valence-corrected chi connectivity index (χ3v) is 7.16. The summed E-state index contributed by atoms with van der Waals surface area (Å²) in [4.78, 5) is 40.8. The lowest BCUT2D eigenvalue weighted by Gasteiger charge is -2.41. The number of carbonyl (C=O) groups excluding carboxylic acids is 3. The molecule has 1 spiro atoms. The number of hydrogen-bond donors (Lipinski definition) is 2. The summed E-state index contributed by atoms with van der Waals surface area (Å²) in [6, 6.07) is 5.65. The zero-order valence-corrected chi connectivity index (χ0v) is 17.1. The first kappa shape index (κ1) is 19.7. The molecule has 0 bridgehead atoms. The minimum absolute atomic E-state index is 0.0967. The van der Waals surface area contributed by atoms with E-state index in [9.17, 15) is 14.4 Å². The van der Waals surface area contributed by atoms with Crippen molar-refractivity contribution in [3.63, 3.8) is 0 Å². The Balaban J connectivity index is 1.34. The summed E-state index contributed by atoms with van der Waals surface area (Å²) in [6.45, 7) is 3.57. The van der Waals surface area contributed by atoms with E-state index in [-0.39, 0.29) is 35.7 Å². The zero-order chi connectivity index (χ0) is 20.9. The summed E-state index contributed by atoms with van der Waals surface area (Å²) in [5, 5.41) is 2.35. The van der Waals surface area contributed by atoms with Crippen molar-refractivity contribution in [3.8, 4) is 0 Å². The van der Waals surface area contributed by atoms with Crippen molar-refractivity contribution in [2.75, 3.05) is 19.8 Å². The van der Waals surface area contributed by atoms with Crippen molar-refractivity contribution in [2.24, 2.45) is 5.73 Å². The molecule has 0 saturated carbocycles. The fourth-order valence-electron chi connectivity index (χ4n) is 5.58. The molecule has 4 aliphatic rings. The molecule has 0 radical (unpaired) electrons. The number of rotatable bonds is 3. The Morgan fingerprint density at radius 2 is 2.00 bits per heavy atom. The molecule has 1 aromatic rings. The van der Waals surface area contributed by atoms with Gasteiger partial charge in [0.2, 0.25) is 11.8 Å². The fraction of sp³-hybridized carbons (Fsp3) is 0.591. The molecule has 5 rings (SSSR count). The summed E-state index contributed by atoms with van der Waals surface area (Å²) in [5.41, 5.74) is 9.11. The second kappa shape index (κ2) is 7.44. The molecule has 3 saturated heterocycles. The highest BCUT2D eigenvalue weighted by atomic mass is 16.5. The van der Waals surface area contributed by atoms with Crippen LogP contribution in [-0.2, 0) is 27.4 Å². The molecule has 3 fully saturated rings. The van der Waals surface area contributed by atoms with Crippen LogP contribution in [0.1, 0.15) is 53.6 Å². The third kappa shape index (κ3) is 3.33. The molecule has 4 aliphatic heterocycles. The van der Waals surface area contributed by atoms with Gasteiger partial charge in [0.15, 0.2) is 0 Å². The molecule has 2 unspecified atom stereocenters. The number of piperidine rings is 1. The van der Waals surface area contributed by atoms with Crippen molar-refractivity contribution < 1.29 is 19.1 Å². The van der Waals surface area contributed by atoms with E-state index >= 15 is 0 Å². The van der Waals surface area contributed by atoms with Crippen LogP contribution in [0, 0.1) is 0 Å². The number of nitrogens with two attached hydrogens (primary N) is 1. The van der Waals surface area contributed by atoms with Crippen LogP contribution in [0.25, 0.3) is 0 Å². The lowest BCUT2D eigenvalue weighted by molar-refractivity contribution is -0.136. The van der Waals surface area contributed by atoms with Crippen LogP contribution in [0.2, 0.25) is 0 Å². The maximum atomic E-state index is 13.1. The highest BCUT2D eigenvalue weighted by Gasteiger charge is 2.45. The highest BCUT2D eigenvalue weighted by molar-refractivity contribution is 6.05. The Bertz CT molecular complexity index is 895. The SMILES string of the molecule is NC1CN(Cc2ccc3c(c2)C(=O)N(C2CCC(=O)NC2=O)C3)C2(CCOCC2)C1. The van der Waals surface area contributed by atoms with Crippen LogP contribution in [0.5, 0.6) is 0 Å². The molecule has 0 aliphatic carbocycles. The largest absolute Gasteiger partial charge is 0.381 e. The molecule has 1 aromatic carbocycles. The number of nitrogens with one attached hydrogen (secondary N) is 1. The number of imide groups is 1. The molecule has 2 atom stereocenters. The summed E-state index contributed by atoms with van der Waals surface area (Å²) < 4.78 is 5.58. The highest BCUT2D eigenvalue weighted by Crippen LogP contribution is 2.39. The Hall–Kier alpha value is -2.29. The van der Waals surface area contributed by atoms with E-state index in [4.69, 9.17) is 10.5 Å². The van der Waals surface area contributed by atoms with Crippen LogP contribution in [0.15, 0.2) is 18.2 Å². The number of carbonyl (C=O) groups is 3. The molecule has 3 N–H and O–H groups in total. The number of fused-ring (bicyclic) bond motifs is 1. The Labute approximate surface area is 175 Å². The van der Waals surface area contributed by atoms with E-state index in [1.807, 2.05) is 12.1 Å². The monoisotopic (exact) mass is 412 g/mol. The summed E-state index contributed by atoms with van der Waals surface area (Å²) in [6.07, 6.45) is 3.63. The minimum atomic E-state index is -0.576. The summed E-state index contributed by atoms with van der Waals surface area (Å²) in [5.74, 6) is -0.769. The molecule has 8 nitrogen and oxygen atoms in total. The average molecular weight is 412 g/mol. The predicted octanol–water partition coefficient (Wildman–Crippen LogP) is 0.530. The van der Waals surface area contributed by atoms with Crippen LogP contribution >= 0.6 is 0 Å². The smallest absolute Gasteiger partial charge is 0.255 e. The third-order valence-electron chi connectivity index (χ3n) is 7.16. The van der Waals surface area contributed by atoms with Crippen LogP contribution in [-0.4, -0.2) is 64.9 Å². The summed E-state index contributed by atoms with van der Waals surface area (Å²) >= 11 is 0. The number of hydrogen-bond acceptors (Lipinski definition) is 6. The Kier molecular flexibility index (Phi) is 4.88. The van der Waals surface area contributed by atoms with Crippen molar-refractivity contribution in [1.82, 2.24) is 15.1 Å². The normalized spacial score (nSPS) is 28.8. The van der Waals surface area contributed by atoms with E-state index in [1.54, 1.807) is 4.90 Å². The molecule has 30 heavy (non-hydrogen) atoms. The van der Waals surface area contributed by atoms with E-state index in [0.717, 1.165) is 56.7 Å². The van der Waals surface area contributed by atoms with Gasteiger partial charge in [-0.2, -0.15) is 0 Å². The first-order valence-corrected chi connectivity index (χ1v) is 10.8. The van der Waals surface area contributed by atoms with Crippen molar-refractivity contribution in [2.45, 2.75) is 62.8 Å². The topological polar surface area (TPSA) is 105 Å². The van der Waals surface area contributed by atoms with Crippen LogP contribution in [0.4, 0.5) is 0 Å². The number of amides is 3. The number of nitrogens with zero attached hydrogens (tertiary/aromatic N) is 2. The standard InChI is InChI=1S/C22H28N4O4/c23-16-10-22(5-7-30-8-6-22)25(13-16)11-14-1-2-15-12-26(21(29)17(15)9-14)18-3-4-19(27)24-20(18)28/h1-2,9,16,18H,3-8,10-13,23H2,(H,24,27,28). The van der Waals surface area contributed by atoms with Gasteiger partial charge in [-0.15, -0.1) is 0 Å². The van der Waals surface area contributed by atoms with Gasteiger partial charge in [-0.05, 0) is 42.9 Å². The van der Waals surface area contributed by atoms with Crippen molar-refractivity contribution >= 4 is 17.7 Å². The average Bonchev–Trinajstić information content (AvgIpc) is 3.19. The van der Waals surface area contributed by atoms with Gasteiger partial charge < -0.3 is 15.4 Å². The quantitative estimate of drug-likeness (QED) is 0.702. The Morgan fingerprint density at radius 1 is 1.20 bits per heavy atom. The Morgan fingerprint density at radius 3 is 2.77 bits per heavy atom. The molecular formula is C22H28N4O4. The predicted molar refractivity (Wildman–Crippen MR) is 108 cm³/mol. The molecule has 8 heteroatoms. The van der Waals surface area contributed by atoms with E-state index in [2.05, 4.69) is 16.3 Å². The molecule has 0 aromatic heterocycles. The first-order chi connectivity index (χ1) is 14.4. The molecule has 3 amide bonds. The number of benzene rings is 1. The maximum Gasteiger partial charge on any atom is 0.255 e. The van der Waals surface area contributed by atoms with Crippen LogP contribution < -0.4 is 11.1 Å². The van der Waals surface area contributed by atoms with E-state index in [0.29, 0.717) is 18.5 Å². The van der Waals surface area contributed by atoms with Gasteiger partial charge in [0, 0.05) is 56.4 Å². The lowest BCUT2D eigenvalue weighted by Crippen LogP contribution is -2.52. The maximum absolute atomic E-state index is 13.1. The second-order valence-electron chi connectivity index (χ2n) is 9.07. The van der Waals surface area contributed by atoms with Crippen LogP contribution in [0.3, 0.4) is 0 Å². The minimum Gasteiger partial charge on any atom is -0.381 e. The summed E-state index contributed by atoms with van der Waals surface area (Å²) in [7, 11) is 0. The van der Waals surface area contributed by atoms with Gasteiger partial charge >= 0.3 is 0 Å². The van der Waals surface area contributed by atoms with Gasteiger partial charge in [-0.3, -0.25) is 24.6 Å². The number of likely N-dealkylation sites (tertiary alicyclic amines) is 1. The lowest BCUT2D eigenvalue weighted by atomic mass is 9.86. The number of ether oxygens (including phenoxy) is 1. The molecular weight excluding hydrogens is 384 g/mol. The van der Waals surface area contributed by atoms with Gasteiger partial charge in [0.25, 0.3) is 5.91 Å². The van der Waals surface area contributed by atoms with Gasteiger partial charge in [0.1, 0.15) is 6.04 Å². The second-order valence-corrected chi connectivity index (χ2v) is 9.07. The van der Waals surface area contributed by atoms with Gasteiger partial charge in [-0.1, -0.05) is 12.1 Å². The zero-order valence-electron chi connectivity index (χ0n) is 17.1. The first-order valence-electron chi connectivity index (χ1n) is 10.8. The molecule has 160 valence electrons. The van der Waals surface area contributed by atoms with Gasteiger partial charge in [0.05, 0.1) is 0 Å². The van der Waals surface area contributed by atoms with E-state index < -0.39 is 6.04 Å². The van der Waals surface area contributed by atoms with E-state index in [1.165, 1.54) is 0 Å². The fourth-order valence-corrected chi connectivity index (χ4v) is 5.58. The van der Waals surface area contributed by atoms with Gasteiger partial charge in [-0.25, -0.2) is 0 Å². The molecule has 4 heterocycles.